The summed E-state index contributed by atoms with van der Waals surface area (Å²) < 4.78 is 33.3. The first-order chi connectivity index (χ1) is 12.5. The number of nitrogens with one attached hydrogen (secondary N) is 1. The Hall–Kier alpha value is -2.67. The average molecular weight is 389 g/mol. The number of ether oxygens (including phenoxy) is 1. The highest BCUT2D eigenvalue weighted by atomic mass is 32.2. The van der Waals surface area contributed by atoms with Crippen LogP contribution in [0, 0.1) is 20.8 Å². The molecular formula is C20H23NO5S. The number of carbonyl (C=O) groups excluding carboxylic acids is 2. The summed E-state index contributed by atoms with van der Waals surface area (Å²) in [5, 5.41) is 0. The second-order valence-corrected chi connectivity index (χ2v) is 8.25. The number of hydrogen-bond acceptors (Lipinski definition) is 5. The molecule has 1 N–H and O–H groups in total. The molecule has 2 aromatic carbocycles. The van der Waals surface area contributed by atoms with Crippen LogP contribution in [0.25, 0.3) is 0 Å². The van der Waals surface area contributed by atoms with Gasteiger partial charge in [0.2, 0.25) is 0 Å². The maximum absolute atomic E-state index is 12.7. The molecule has 0 unspecified atom stereocenters. The van der Waals surface area contributed by atoms with E-state index in [2.05, 4.69) is 4.72 Å². The predicted molar refractivity (Wildman–Crippen MR) is 104 cm³/mol. The molecule has 0 amide bonds. The van der Waals surface area contributed by atoms with Gasteiger partial charge in [0.25, 0.3) is 10.0 Å². The van der Waals surface area contributed by atoms with Gasteiger partial charge in [-0.05, 0) is 57.0 Å². The summed E-state index contributed by atoms with van der Waals surface area (Å²) in [6.45, 7) is 7.97. The van der Waals surface area contributed by atoms with E-state index in [1.807, 2.05) is 6.92 Å². The lowest BCUT2D eigenvalue weighted by Gasteiger charge is -2.19. The number of rotatable bonds is 6. The lowest BCUT2D eigenvalue weighted by atomic mass is 9.97. The number of esters is 1. The molecule has 0 heterocycles. The number of carbonyl (C=O) groups is 2. The van der Waals surface area contributed by atoms with E-state index in [4.69, 9.17) is 4.74 Å². The molecule has 7 heteroatoms. The van der Waals surface area contributed by atoms with Crippen LogP contribution >= 0.6 is 0 Å². The van der Waals surface area contributed by atoms with Gasteiger partial charge >= 0.3 is 5.97 Å². The van der Waals surface area contributed by atoms with Gasteiger partial charge in [0, 0.05) is 18.9 Å². The fourth-order valence-corrected chi connectivity index (χ4v) is 3.85. The standard InChI is InChI=1S/C20H23NO5S/c1-12-6-8-17(9-7-12)27(24,25)21-19-10-13(2)20(26-16(5)23)18(15(19)4)11-14(3)22/h6-10,21H,11H2,1-5H3. The number of hydrogen-bond donors (Lipinski definition) is 1. The van der Waals surface area contributed by atoms with Gasteiger partial charge in [-0.2, -0.15) is 0 Å². The summed E-state index contributed by atoms with van der Waals surface area (Å²) in [6.07, 6.45) is 0.0371. The monoisotopic (exact) mass is 389 g/mol. The second-order valence-electron chi connectivity index (χ2n) is 6.56. The maximum Gasteiger partial charge on any atom is 0.308 e. The van der Waals surface area contributed by atoms with E-state index in [0.29, 0.717) is 28.1 Å². The molecule has 2 rings (SSSR count). The Kier molecular flexibility index (Phi) is 6.05. The van der Waals surface area contributed by atoms with Crippen LogP contribution in [0.5, 0.6) is 5.75 Å². The zero-order chi connectivity index (χ0) is 20.4. The third-order valence-electron chi connectivity index (χ3n) is 4.10. The van der Waals surface area contributed by atoms with Crippen molar-refractivity contribution in [1.82, 2.24) is 0 Å². The molecule has 0 fully saturated rings. The molecular weight excluding hydrogens is 366 g/mol. The Labute approximate surface area is 159 Å². The molecule has 0 saturated carbocycles. The molecule has 27 heavy (non-hydrogen) atoms. The van der Waals surface area contributed by atoms with Gasteiger partial charge in [-0.1, -0.05) is 17.7 Å². The van der Waals surface area contributed by atoms with Crippen molar-refractivity contribution < 1.29 is 22.7 Å². The molecule has 0 aliphatic heterocycles. The SMILES string of the molecule is CC(=O)Cc1c(C)c(NS(=O)(=O)c2ccc(C)cc2)cc(C)c1OC(C)=O. The number of aryl methyl sites for hydroxylation is 2. The zero-order valence-electron chi connectivity index (χ0n) is 16.0. The van der Waals surface area contributed by atoms with Gasteiger partial charge in [-0.15, -0.1) is 0 Å². The topological polar surface area (TPSA) is 89.5 Å². The fourth-order valence-electron chi connectivity index (χ4n) is 2.74. The van der Waals surface area contributed by atoms with Crippen LogP contribution in [-0.4, -0.2) is 20.2 Å². The third-order valence-corrected chi connectivity index (χ3v) is 5.48. The minimum absolute atomic E-state index is 0.0371. The van der Waals surface area contributed by atoms with Crippen molar-refractivity contribution in [1.29, 1.82) is 0 Å². The quantitative estimate of drug-likeness (QED) is 0.603. The highest BCUT2D eigenvalue weighted by Gasteiger charge is 2.21. The van der Waals surface area contributed by atoms with Crippen LogP contribution in [-0.2, 0) is 26.0 Å². The highest BCUT2D eigenvalue weighted by molar-refractivity contribution is 7.92. The molecule has 144 valence electrons. The smallest absolute Gasteiger partial charge is 0.308 e. The number of benzene rings is 2. The second kappa shape index (κ2) is 7.92. The van der Waals surface area contributed by atoms with Crippen molar-refractivity contribution in [2.75, 3.05) is 4.72 Å². The first-order valence-corrected chi connectivity index (χ1v) is 9.90. The number of Topliss-reactive ketones (excluding diaryl/α,β-unsaturated/α-hetero) is 1. The minimum Gasteiger partial charge on any atom is -0.426 e. The molecule has 6 nitrogen and oxygen atoms in total. The van der Waals surface area contributed by atoms with Crippen LogP contribution in [0.15, 0.2) is 35.2 Å². The highest BCUT2D eigenvalue weighted by Crippen LogP contribution is 2.34. The van der Waals surface area contributed by atoms with E-state index < -0.39 is 16.0 Å². The molecule has 0 aliphatic rings. The summed E-state index contributed by atoms with van der Waals surface area (Å²) >= 11 is 0. The number of ketones is 1. The van der Waals surface area contributed by atoms with E-state index in [-0.39, 0.29) is 17.1 Å². The van der Waals surface area contributed by atoms with Crippen molar-refractivity contribution in [2.45, 2.75) is 45.9 Å². The van der Waals surface area contributed by atoms with E-state index in [9.17, 15) is 18.0 Å². The molecule has 0 saturated heterocycles. The van der Waals surface area contributed by atoms with Gasteiger partial charge in [0.1, 0.15) is 11.5 Å². The summed E-state index contributed by atoms with van der Waals surface area (Å²) in [5.41, 5.74) is 2.91. The fraction of sp³-hybridized carbons (Fsp3) is 0.300. The largest absolute Gasteiger partial charge is 0.426 e. The van der Waals surface area contributed by atoms with Crippen molar-refractivity contribution in [3.05, 3.63) is 52.6 Å². The molecule has 0 spiro atoms. The van der Waals surface area contributed by atoms with Crippen LogP contribution in [0.4, 0.5) is 5.69 Å². The summed E-state index contributed by atoms with van der Waals surface area (Å²) in [6, 6.07) is 8.10. The van der Waals surface area contributed by atoms with Gasteiger partial charge in [0.15, 0.2) is 0 Å². The van der Waals surface area contributed by atoms with Crippen LogP contribution in [0.1, 0.15) is 36.1 Å². The van der Waals surface area contributed by atoms with E-state index in [1.54, 1.807) is 32.0 Å². The molecule has 0 atom stereocenters. The molecule has 2 aromatic rings. The van der Waals surface area contributed by atoms with E-state index in [1.165, 1.54) is 26.0 Å². The summed E-state index contributed by atoms with van der Waals surface area (Å²) in [4.78, 5) is 23.2. The lowest BCUT2D eigenvalue weighted by molar-refractivity contribution is -0.132. The molecule has 0 radical (unpaired) electrons. The van der Waals surface area contributed by atoms with Crippen LogP contribution in [0.2, 0.25) is 0 Å². The van der Waals surface area contributed by atoms with Gasteiger partial charge in [-0.3, -0.25) is 14.3 Å². The Balaban J connectivity index is 2.54. The molecule has 0 aliphatic carbocycles. The minimum atomic E-state index is -3.79. The van der Waals surface area contributed by atoms with Gasteiger partial charge in [0.05, 0.1) is 10.6 Å². The first-order valence-electron chi connectivity index (χ1n) is 8.41. The lowest BCUT2D eigenvalue weighted by Crippen LogP contribution is -2.16. The summed E-state index contributed by atoms with van der Waals surface area (Å²) in [5.74, 6) is -0.326. The van der Waals surface area contributed by atoms with Gasteiger partial charge < -0.3 is 4.74 Å². The van der Waals surface area contributed by atoms with Crippen molar-refractivity contribution in [2.24, 2.45) is 0 Å². The predicted octanol–water partition coefficient (Wildman–Crippen LogP) is 3.47. The average Bonchev–Trinajstić information content (AvgIpc) is 2.55. The van der Waals surface area contributed by atoms with Crippen molar-refractivity contribution in [3.8, 4) is 5.75 Å². The van der Waals surface area contributed by atoms with Crippen molar-refractivity contribution in [3.63, 3.8) is 0 Å². The van der Waals surface area contributed by atoms with E-state index >= 15 is 0 Å². The Bertz CT molecular complexity index is 992. The van der Waals surface area contributed by atoms with Gasteiger partial charge in [-0.25, -0.2) is 8.42 Å². The number of sulfonamides is 1. The third kappa shape index (κ3) is 4.95. The molecule has 0 aromatic heterocycles. The maximum atomic E-state index is 12.7. The van der Waals surface area contributed by atoms with E-state index in [0.717, 1.165) is 5.56 Å². The Morgan fingerprint density at radius 1 is 1.04 bits per heavy atom. The van der Waals surface area contributed by atoms with Crippen LogP contribution < -0.4 is 9.46 Å². The number of anilines is 1. The van der Waals surface area contributed by atoms with Crippen molar-refractivity contribution >= 4 is 27.5 Å². The first kappa shape index (κ1) is 20.6. The molecule has 0 bridgehead atoms. The normalized spacial score (nSPS) is 11.1. The van der Waals surface area contributed by atoms with Crippen LogP contribution in [0.3, 0.4) is 0 Å². The zero-order valence-corrected chi connectivity index (χ0v) is 16.9. The summed E-state index contributed by atoms with van der Waals surface area (Å²) in [7, 11) is -3.79. The Morgan fingerprint density at radius 2 is 1.63 bits per heavy atom. The Morgan fingerprint density at radius 3 is 2.15 bits per heavy atom.